The highest BCUT2D eigenvalue weighted by atomic mass is 35.5. The maximum absolute atomic E-state index is 12.5. The fourth-order valence-electron chi connectivity index (χ4n) is 2.28. The van der Waals surface area contributed by atoms with Gasteiger partial charge in [-0.1, -0.05) is 47.5 Å². The maximum atomic E-state index is 12.5. The van der Waals surface area contributed by atoms with Crippen LogP contribution in [-0.4, -0.2) is 26.0 Å². The van der Waals surface area contributed by atoms with Crippen molar-refractivity contribution in [1.29, 1.82) is 0 Å². The molecule has 8 heteroatoms. The lowest BCUT2D eigenvalue weighted by molar-refractivity contribution is 0.0692. The Balaban J connectivity index is 2.25. The number of hydrogen-bond donors (Lipinski definition) is 2. The molecule has 0 unspecified atom stereocenters. The molecule has 0 heterocycles. The zero-order valence-electron chi connectivity index (χ0n) is 12.7. The standard InChI is InChI=1S/C16H15Cl2NO4S/c1-10-4-2-3-5-11(10)6-7-19-24(22,23)15-13(16(20)21)8-12(17)9-14(15)18/h2-5,8-9,19H,6-7H2,1H3,(H,20,21). The molecule has 0 aliphatic heterocycles. The normalized spacial score (nSPS) is 11.5. The summed E-state index contributed by atoms with van der Waals surface area (Å²) in [5, 5.41) is 9.03. The van der Waals surface area contributed by atoms with Crippen molar-refractivity contribution in [2.24, 2.45) is 0 Å². The van der Waals surface area contributed by atoms with E-state index in [1.807, 2.05) is 31.2 Å². The first-order chi connectivity index (χ1) is 11.2. The minimum absolute atomic E-state index is 0.0521. The summed E-state index contributed by atoms with van der Waals surface area (Å²) in [4.78, 5) is 10.8. The van der Waals surface area contributed by atoms with Gasteiger partial charge < -0.3 is 5.11 Å². The molecule has 0 fully saturated rings. The van der Waals surface area contributed by atoms with Crippen LogP contribution in [0.2, 0.25) is 10.0 Å². The molecule has 0 aliphatic rings. The summed E-state index contributed by atoms with van der Waals surface area (Å²) in [5.41, 5.74) is 1.59. The van der Waals surface area contributed by atoms with Gasteiger partial charge in [-0.15, -0.1) is 0 Å². The van der Waals surface area contributed by atoms with Crippen molar-refractivity contribution in [1.82, 2.24) is 4.72 Å². The van der Waals surface area contributed by atoms with Gasteiger partial charge in [-0.05, 0) is 36.6 Å². The minimum Gasteiger partial charge on any atom is -0.478 e. The maximum Gasteiger partial charge on any atom is 0.337 e. The zero-order valence-corrected chi connectivity index (χ0v) is 15.0. The van der Waals surface area contributed by atoms with Gasteiger partial charge in [0.1, 0.15) is 4.90 Å². The molecule has 0 saturated heterocycles. The van der Waals surface area contributed by atoms with Crippen LogP contribution in [0.3, 0.4) is 0 Å². The number of hydrogen-bond acceptors (Lipinski definition) is 3. The van der Waals surface area contributed by atoms with Gasteiger partial charge in [0.05, 0.1) is 10.6 Å². The Morgan fingerprint density at radius 1 is 1.21 bits per heavy atom. The molecule has 0 saturated carbocycles. The highest BCUT2D eigenvalue weighted by Gasteiger charge is 2.26. The number of halogens is 2. The molecule has 5 nitrogen and oxygen atoms in total. The number of carboxylic acids is 1. The Labute approximate surface area is 150 Å². The molecule has 0 radical (unpaired) electrons. The SMILES string of the molecule is Cc1ccccc1CCNS(=O)(=O)c1c(Cl)cc(Cl)cc1C(=O)O. The van der Waals surface area contributed by atoms with Gasteiger partial charge in [0.2, 0.25) is 10.0 Å². The number of carbonyl (C=O) groups is 1. The van der Waals surface area contributed by atoms with Crippen molar-refractivity contribution >= 4 is 39.2 Å². The zero-order chi connectivity index (χ0) is 17.9. The summed E-state index contributed by atoms with van der Waals surface area (Å²) >= 11 is 11.7. The van der Waals surface area contributed by atoms with Gasteiger partial charge in [0, 0.05) is 11.6 Å². The summed E-state index contributed by atoms with van der Waals surface area (Å²) in [7, 11) is -4.09. The van der Waals surface area contributed by atoms with Gasteiger partial charge in [-0.25, -0.2) is 17.9 Å². The third-order valence-corrected chi connectivity index (χ3v) is 5.64. The van der Waals surface area contributed by atoms with Crippen molar-refractivity contribution < 1.29 is 18.3 Å². The smallest absolute Gasteiger partial charge is 0.337 e. The monoisotopic (exact) mass is 387 g/mol. The van der Waals surface area contributed by atoms with Crippen molar-refractivity contribution in [3.05, 3.63) is 63.1 Å². The molecule has 24 heavy (non-hydrogen) atoms. The fraction of sp³-hybridized carbons (Fsp3) is 0.188. The van der Waals surface area contributed by atoms with Crippen molar-refractivity contribution in [2.75, 3.05) is 6.54 Å². The molecule has 128 valence electrons. The molecule has 0 bridgehead atoms. The van der Waals surface area contributed by atoms with E-state index in [-0.39, 0.29) is 16.6 Å². The van der Waals surface area contributed by atoms with E-state index in [0.717, 1.165) is 17.2 Å². The van der Waals surface area contributed by atoms with Gasteiger partial charge in [-0.2, -0.15) is 0 Å². The first-order valence-corrected chi connectivity index (χ1v) is 9.23. The van der Waals surface area contributed by atoms with E-state index in [1.54, 1.807) is 0 Å². The van der Waals surface area contributed by atoms with Gasteiger partial charge in [-0.3, -0.25) is 0 Å². The number of aromatic carboxylic acids is 1. The number of sulfonamides is 1. The number of rotatable bonds is 6. The Hall–Kier alpha value is -1.60. The van der Waals surface area contributed by atoms with E-state index in [0.29, 0.717) is 6.42 Å². The van der Waals surface area contributed by atoms with Crippen LogP contribution >= 0.6 is 23.2 Å². The molecule has 0 aromatic heterocycles. The molecule has 0 amide bonds. The van der Waals surface area contributed by atoms with E-state index >= 15 is 0 Å². The Morgan fingerprint density at radius 2 is 1.88 bits per heavy atom. The quantitative estimate of drug-likeness (QED) is 0.793. The van der Waals surface area contributed by atoms with Crippen LogP contribution in [0.25, 0.3) is 0 Å². The molecule has 2 rings (SSSR count). The van der Waals surface area contributed by atoms with E-state index in [4.69, 9.17) is 23.2 Å². The number of nitrogens with one attached hydrogen (secondary N) is 1. The van der Waals surface area contributed by atoms with E-state index in [1.165, 1.54) is 6.07 Å². The van der Waals surface area contributed by atoms with Crippen LogP contribution < -0.4 is 4.72 Å². The second-order valence-corrected chi connectivity index (χ2v) is 7.69. The summed E-state index contributed by atoms with van der Waals surface area (Å²) in [6.07, 6.45) is 0.472. The Bertz CT molecular complexity index is 882. The highest BCUT2D eigenvalue weighted by molar-refractivity contribution is 7.89. The molecular weight excluding hydrogens is 373 g/mol. The number of carboxylic acid groups (broad SMARTS) is 1. The molecule has 0 aliphatic carbocycles. The third-order valence-electron chi connectivity index (χ3n) is 3.46. The van der Waals surface area contributed by atoms with Crippen LogP contribution in [0.1, 0.15) is 21.5 Å². The third kappa shape index (κ3) is 4.27. The largest absolute Gasteiger partial charge is 0.478 e. The fourth-order valence-corrected chi connectivity index (χ4v) is 4.34. The van der Waals surface area contributed by atoms with E-state index < -0.39 is 26.5 Å². The molecule has 0 spiro atoms. The Kier molecular flexibility index (Phi) is 5.87. The second-order valence-electron chi connectivity index (χ2n) is 5.14. The molecule has 0 atom stereocenters. The van der Waals surface area contributed by atoms with Gasteiger partial charge in [0.15, 0.2) is 0 Å². The van der Waals surface area contributed by atoms with Crippen LogP contribution in [0.4, 0.5) is 0 Å². The number of aryl methyl sites for hydroxylation is 1. The Morgan fingerprint density at radius 3 is 2.50 bits per heavy atom. The lowest BCUT2D eigenvalue weighted by Gasteiger charge is -2.12. The molecular formula is C16H15Cl2NO4S. The summed E-state index contributed by atoms with van der Waals surface area (Å²) in [6, 6.07) is 9.87. The molecule has 2 N–H and O–H groups in total. The first-order valence-electron chi connectivity index (χ1n) is 6.99. The van der Waals surface area contributed by atoms with Crippen molar-refractivity contribution in [3.8, 4) is 0 Å². The summed E-state index contributed by atoms with van der Waals surface area (Å²) < 4.78 is 27.3. The minimum atomic E-state index is -4.09. The van der Waals surface area contributed by atoms with Crippen molar-refractivity contribution in [2.45, 2.75) is 18.2 Å². The summed E-state index contributed by atoms with van der Waals surface area (Å²) in [5.74, 6) is -1.42. The van der Waals surface area contributed by atoms with Crippen molar-refractivity contribution in [3.63, 3.8) is 0 Å². The molecule has 2 aromatic carbocycles. The predicted molar refractivity (Wildman–Crippen MR) is 93.5 cm³/mol. The second kappa shape index (κ2) is 7.53. The van der Waals surface area contributed by atoms with Crippen LogP contribution in [0.15, 0.2) is 41.3 Å². The van der Waals surface area contributed by atoms with Crippen LogP contribution in [-0.2, 0) is 16.4 Å². The predicted octanol–water partition coefficient (Wildman–Crippen LogP) is 3.52. The summed E-state index contributed by atoms with van der Waals surface area (Å²) in [6.45, 7) is 2.05. The average Bonchev–Trinajstić information content (AvgIpc) is 2.47. The molecule has 2 aromatic rings. The first kappa shape index (κ1) is 18.7. The van der Waals surface area contributed by atoms with E-state index in [2.05, 4.69) is 4.72 Å². The average molecular weight is 388 g/mol. The lowest BCUT2D eigenvalue weighted by Crippen LogP contribution is -2.28. The van der Waals surface area contributed by atoms with Gasteiger partial charge >= 0.3 is 5.97 Å². The lowest BCUT2D eigenvalue weighted by atomic mass is 10.1. The topological polar surface area (TPSA) is 83.5 Å². The van der Waals surface area contributed by atoms with Crippen LogP contribution in [0, 0.1) is 6.92 Å². The van der Waals surface area contributed by atoms with E-state index in [9.17, 15) is 18.3 Å². The number of benzene rings is 2. The van der Waals surface area contributed by atoms with Crippen LogP contribution in [0.5, 0.6) is 0 Å². The highest BCUT2D eigenvalue weighted by Crippen LogP contribution is 2.29. The van der Waals surface area contributed by atoms with Gasteiger partial charge in [0.25, 0.3) is 0 Å².